The van der Waals surface area contributed by atoms with Crippen LogP contribution in [0.4, 0.5) is 0 Å². The molecule has 2 nitrogen and oxygen atoms in total. The van der Waals surface area contributed by atoms with Crippen molar-refractivity contribution in [3.63, 3.8) is 0 Å². The van der Waals surface area contributed by atoms with Crippen molar-refractivity contribution in [2.24, 2.45) is 12.5 Å². The zero-order valence-electron chi connectivity index (χ0n) is 17.1. The van der Waals surface area contributed by atoms with Crippen LogP contribution in [-0.4, -0.2) is 4.98 Å². The molecule has 0 saturated carbocycles. The third-order valence-electron chi connectivity index (χ3n) is 5.56. The van der Waals surface area contributed by atoms with Crippen molar-refractivity contribution >= 4 is 33.4 Å². The highest BCUT2D eigenvalue weighted by atomic mass is 32.2. The summed E-state index contributed by atoms with van der Waals surface area (Å²) in [5.74, 6) is 0. The number of benzene rings is 3. The predicted octanol–water partition coefficient (Wildman–Crippen LogP) is 6.24. The molecule has 0 amide bonds. The molecule has 0 fully saturated rings. The van der Waals surface area contributed by atoms with Gasteiger partial charge in [-0.1, -0.05) is 56.8 Å². The van der Waals surface area contributed by atoms with Gasteiger partial charge in [-0.2, -0.15) is 0 Å². The van der Waals surface area contributed by atoms with Crippen LogP contribution in [0.15, 0.2) is 58.6 Å². The van der Waals surface area contributed by atoms with Gasteiger partial charge in [0.05, 0.1) is 12.4 Å². The van der Waals surface area contributed by atoms with Crippen LogP contribution in [0.25, 0.3) is 32.9 Å². The summed E-state index contributed by atoms with van der Waals surface area (Å²) in [6.07, 6.45) is 3.02. The van der Waals surface area contributed by atoms with E-state index in [1.165, 1.54) is 48.3 Å². The second-order valence-corrected chi connectivity index (χ2v) is 10.2. The SMILES string of the molecule is Cc1c2c(cc3ccccc13)Sc1cc(CC(C)(C)C)cc3nc[n+](C)c-2c13. The minimum atomic E-state index is 0.257. The van der Waals surface area contributed by atoms with Crippen LogP contribution >= 0.6 is 11.8 Å². The molecule has 0 spiro atoms. The third-order valence-corrected chi connectivity index (χ3v) is 6.65. The molecule has 1 aromatic heterocycles. The summed E-state index contributed by atoms with van der Waals surface area (Å²) >= 11 is 1.90. The molecule has 4 aromatic rings. The number of hydrogen-bond donors (Lipinski definition) is 0. The molecule has 3 aromatic carbocycles. The number of fused-ring (bicyclic) bond motifs is 3. The molecule has 0 N–H and O–H groups in total. The topological polar surface area (TPSA) is 16.8 Å². The van der Waals surface area contributed by atoms with Crippen LogP contribution < -0.4 is 4.57 Å². The van der Waals surface area contributed by atoms with Crippen LogP contribution in [0.3, 0.4) is 0 Å². The molecular formula is C25H25N2S+. The maximum Gasteiger partial charge on any atom is 0.287 e. The minimum absolute atomic E-state index is 0.257. The van der Waals surface area contributed by atoms with Crippen molar-refractivity contribution in [2.45, 2.75) is 43.9 Å². The lowest BCUT2D eigenvalue weighted by Gasteiger charge is -2.23. The first kappa shape index (κ1) is 17.7. The lowest BCUT2D eigenvalue weighted by molar-refractivity contribution is -0.662. The molecule has 1 aliphatic rings. The Bertz CT molecular complexity index is 1270. The Balaban J connectivity index is 1.85. The van der Waals surface area contributed by atoms with Crippen molar-refractivity contribution in [1.82, 2.24) is 4.98 Å². The number of aryl methyl sites for hydroxylation is 2. The zero-order chi connectivity index (χ0) is 19.6. The van der Waals surface area contributed by atoms with E-state index in [-0.39, 0.29) is 5.41 Å². The van der Waals surface area contributed by atoms with E-state index in [0.29, 0.717) is 0 Å². The Morgan fingerprint density at radius 2 is 1.82 bits per heavy atom. The van der Waals surface area contributed by atoms with Crippen LogP contribution in [0.5, 0.6) is 0 Å². The quantitative estimate of drug-likeness (QED) is 0.318. The summed E-state index contributed by atoms with van der Waals surface area (Å²) in [6, 6.07) is 15.7. The maximum atomic E-state index is 4.79. The molecule has 0 bridgehead atoms. The predicted molar refractivity (Wildman–Crippen MR) is 118 cm³/mol. The number of aromatic nitrogens is 2. The Morgan fingerprint density at radius 1 is 1.04 bits per heavy atom. The van der Waals surface area contributed by atoms with Crippen molar-refractivity contribution in [1.29, 1.82) is 0 Å². The fourth-order valence-corrected chi connectivity index (χ4v) is 5.75. The molecule has 0 aliphatic carbocycles. The van der Waals surface area contributed by atoms with Crippen molar-refractivity contribution in [3.05, 3.63) is 59.9 Å². The Morgan fingerprint density at radius 3 is 2.61 bits per heavy atom. The van der Waals surface area contributed by atoms with Crippen molar-refractivity contribution in [2.75, 3.05) is 0 Å². The number of rotatable bonds is 1. The molecule has 5 rings (SSSR count). The van der Waals surface area contributed by atoms with Crippen molar-refractivity contribution < 1.29 is 4.57 Å². The molecular weight excluding hydrogens is 360 g/mol. The average molecular weight is 386 g/mol. The number of hydrogen-bond acceptors (Lipinski definition) is 2. The largest absolute Gasteiger partial charge is 0.287 e. The highest BCUT2D eigenvalue weighted by molar-refractivity contribution is 7.99. The molecule has 0 atom stereocenters. The first-order valence-electron chi connectivity index (χ1n) is 9.84. The lowest BCUT2D eigenvalue weighted by atomic mass is 9.87. The van der Waals surface area contributed by atoms with Gasteiger partial charge in [0.2, 0.25) is 0 Å². The van der Waals surface area contributed by atoms with Gasteiger partial charge in [0.1, 0.15) is 5.69 Å². The normalized spacial score (nSPS) is 13.2. The van der Waals surface area contributed by atoms with E-state index >= 15 is 0 Å². The van der Waals surface area contributed by atoms with E-state index in [1.807, 2.05) is 18.1 Å². The van der Waals surface area contributed by atoms with Gasteiger partial charge >= 0.3 is 0 Å². The van der Waals surface area contributed by atoms with Gasteiger partial charge in [0.25, 0.3) is 6.33 Å². The van der Waals surface area contributed by atoms with Gasteiger partial charge in [0.15, 0.2) is 5.52 Å². The van der Waals surface area contributed by atoms with Gasteiger partial charge in [-0.15, -0.1) is 0 Å². The standard InChI is InChI=1S/C25H25N2S/c1-15-18-9-7-6-8-17(18)12-21-22(15)24-23-19(26-14-27(24)5)10-16(11-20(23)28-21)13-25(2,3)4/h6-12,14H,13H2,1-5H3/q+1. The summed E-state index contributed by atoms with van der Waals surface area (Å²) in [6.45, 7) is 9.15. The lowest BCUT2D eigenvalue weighted by Crippen LogP contribution is -2.32. The average Bonchev–Trinajstić information content (AvgIpc) is 2.62. The van der Waals surface area contributed by atoms with E-state index in [0.717, 1.165) is 11.9 Å². The summed E-state index contributed by atoms with van der Waals surface area (Å²) in [5.41, 5.74) is 6.74. The summed E-state index contributed by atoms with van der Waals surface area (Å²) < 4.78 is 2.19. The fraction of sp³-hybridized carbons (Fsp3) is 0.280. The zero-order valence-corrected chi connectivity index (χ0v) is 17.9. The highest BCUT2D eigenvalue weighted by Gasteiger charge is 2.29. The van der Waals surface area contributed by atoms with Gasteiger partial charge in [-0.05, 0) is 63.8 Å². The molecule has 0 radical (unpaired) electrons. The van der Waals surface area contributed by atoms with Gasteiger partial charge < -0.3 is 0 Å². The molecule has 140 valence electrons. The van der Waals surface area contributed by atoms with Gasteiger partial charge in [-0.25, -0.2) is 4.57 Å². The smallest absolute Gasteiger partial charge is 0.232 e. The van der Waals surface area contributed by atoms with Crippen molar-refractivity contribution in [3.8, 4) is 11.3 Å². The summed E-state index contributed by atoms with van der Waals surface area (Å²) in [7, 11) is 2.11. The minimum Gasteiger partial charge on any atom is -0.232 e. The first-order chi connectivity index (χ1) is 13.3. The van der Waals surface area contributed by atoms with E-state index < -0.39 is 0 Å². The second-order valence-electron chi connectivity index (χ2n) is 9.13. The molecule has 1 aliphatic heterocycles. The van der Waals surface area contributed by atoms with E-state index in [9.17, 15) is 0 Å². The Kier molecular flexibility index (Phi) is 3.82. The Labute approximate surface area is 170 Å². The first-order valence-corrected chi connectivity index (χ1v) is 10.7. The number of nitrogens with zero attached hydrogens (tertiary/aromatic N) is 2. The third kappa shape index (κ3) is 2.72. The molecule has 2 heterocycles. The second kappa shape index (κ2) is 6.05. The van der Waals surface area contributed by atoms with Gasteiger partial charge in [-0.3, -0.25) is 0 Å². The molecule has 0 saturated heterocycles. The van der Waals surface area contributed by atoms with E-state index in [2.05, 4.69) is 81.8 Å². The van der Waals surface area contributed by atoms with Crippen LogP contribution in [0.1, 0.15) is 31.9 Å². The van der Waals surface area contributed by atoms with Crippen LogP contribution in [-0.2, 0) is 13.5 Å². The summed E-state index contributed by atoms with van der Waals surface area (Å²) in [4.78, 5) is 7.47. The molecule has 0 unspecified atom stereocenters. The molecule has 3 heteroatoms. The maximum absolute atomic E-state index is 4.79. The van der Waals surface area contributed by atoms with Crippen LogP contribution in [0.2, 0.25) is 0 Å². The van der Waals surface area contributed by atoms with Crippen LogP contribution in [0, 0.1) is 12.3 Å². The Hall–Kier alpha value is -2.39. The monoisotopic (exact) mass is 385 g/mol. The van der Waals surface area contributed by atoms with Gasteiger partial charge in [0, 0.05) is 15.4 Å². The highest BCUT2D eigenvalue weighted by Crippen LogP contribution is 2.49. The van der Waals surface area contributed by atoms with E-state index in [4.69, 9.17) is 4.98 Å². The summed E-state index contributed by atoms with van der Waals surface area (Å²) in [5, 5.41) is 3.94. The molecule has 28 heavy (non-hydrogen) atoms. The fourth-order valence-electron chi connectivity index (χ4n) is 4.47. The van der Waals surface area contributed by atoms with E-state index in [1.54, 1.807) is 0 Å².